The quantitative estimate of drug-likeness (QED) is 0.160. The molecule has 2 heteroatoms. The first-order valence-electron chi connectivity index (χ1n) is 18.4. The number of anilines is 3. The summed E-state index contributed by atoms with van der Waals surface area (Å²) in [6.07, 6.45) is 0. The zero-order chi connectivity index (χ0) is 35.8. The maximum Gasteiger partial charge on any atom is 0.0540 e. The number of hydrogen-bond acceptors (Lipinski definition) is 2. The number of thiophene rings is 1. The maximum atomic E-state index is 2.42. The molecular formula is C52H35NS. The van der Waals surface area contributed by atoms with E-state index in [1.54, 1.807) is 0 Å². The fraction of sp³-hybridized carbons (Fsp3) is 0. The summed E-state index contributed by atoms with van der Waals surface area (Å²) < 4.78 is 2.64. The topological polar surface area (TPSA) is 3.24 Å². The van der Waals surface area contributed by atoms with Crippen LogP contribution in [0.4, 0.5) is 17.1 Å². The van der Waals surface area contributed by atoms with E-state index in [1.807, 2.05) is 11.3 Å². The van der Waals surface area contributed by atoms with Crippen molar-refractivity contribution in [2.75, 3.05) is 4.90 Å². The van der Waals surface area contributed by atoms with Crippen LogP contribution in [-0.2, 0) is 0 Å². The molecular weight excluding hydrogens is 671 g/mol. The van der Waals surface area contributed by atoms with Crippen molar-refractivity contribution in [2.45, 2.75) is 0 Å². The zero-order valence-electron chi connectivity index (χ0n) is 29.6. The Morgan fingerprint density at radius 3 is 1.65 bits per heavy atom. The van der Waals surface area contributed by atoms with Crippen molar-refractivity contribution in [3.8, 4) is 44.5 Å². The summed E-state index contributed by atoms with van der Waals surface area (Å²) in [6.45, 7) is 0. The SMILES string of the molecule is c1ccc(-c2ccccc2-c2ccccc2-c2ccccc2N(c2ccc(-c3cccc4sc5ccccc5c34)cc2)c2ccc3ccccc3c2)cc1. The lowest BCUT2D eigenvalue weighted by Gasteiger charge is -2.29. The molecule has 0 bridgehead atoms. The van der Waals surface area contributed by atoms with E-state index in [-0.39, 0.29) is 0 Å². The van der Waals surface area contributed by atoms with E-state index in [2.05, 4.69) is 217 Å². The van der Waals surface area contributed by atoms with Crippen LogP contribution in [0.2, 0.25) is 0 Å². The van der Waals surface area contributed by atoms with Crippen molar-refractivity contribution in [2.24, 2.45) is 0 Å². The average molecular weight is 706 g/mol. The molecule has 0 aliphatic heterocycles. The minimum Gasteiger partial charge on any atom is -0.310 e. The molecule has 9 aromatic carbocycles. The molecule has 0 atom stereocenters. The highest BCUT2D eigenvalue weighted by Gasteiger charge is 2.21. The maximum absolute atomic E-state index is 2.42. The summed E-state index contributed by atoms with van der Waals surface area (Å²) in [4.78, 5) is 2.42. The van der Waals surface area contributed by atoms with Gasteiger partial charge in [0.15, 0.2) is 0 Å². The molecule has 54 heavy (non-hydrogen) atoms. The predicted molar refractivity (Wildman–Crippen MR) is 233 cm³/mol. The monoisotopic (exact) mass is 705 g/mol. The Morgan fingerprint density at radius 1 is 0.315 bits per heavy atom. The summed E-state index contributed by atoms with van der Waals surface area (Å²) in [5.41, 5.74) is 13.0. The molecule has 0 radical (unpaired) electrons. The van der Waals surface area contributed by atoms with Crippen LogP contribution in [-0.4, -0.2) is 0 Å². The van der Waals surface area contributed by atoms with E-state index >= 15 is 0 Å². The molecule has 0 unspecified atom stereocenters. The molecule has 0 spiro atoms. The number of rotatable bonds is 7. The Hall–Kier alpha value is -6.74. The van der Waals surface area contributed by atoms with Crippen molar-refractivity contribution < 1.29 is 0 Å². The number of hydrogen-bond donors (Lipinski definition) is 0. The van der Waals surface area contributed by atoms with Gasteiger partial charge in [0.05, 0.1) is 5.69 Å². The zero-order valence-corrected chi connectivity index (χ0v) is 30.4. The van der Waals surface area contributed by atoms with Gasteiger partial charge in [0, 0.05) is 37.1 Å². The van der Waals surface area contributed by atoms with Crippen molar-refractivity contribution in [3.63, 3.8) is 0 Å². The molecule has 0 N–H and O–H groups in total. The van der Waals surface area contributed by atoms with Crippen molar-refractivity contribution >= 4 is 59.3 Å². The first kappa shape index (κ1) is 32.0. The second-order valence-corrected chi connectivity index (χ2v) is 14.7. The van der Waals surface area contributed by atoms with Crippen LogP contribution >= 0.6 is 11.3 Å². The standard InChI is InChI=1S/C52H35NS/c1-2-16-37(17-3-1)42-19-6-7-20-44(42)45-21-8-9-22-46(45)47-23-10-12-26-49(47)53(41-34-29-36-15-4-5-18-39(36)35-41)40-32-30-38(31-33-40)43-25-14-28-51-52(43)48-24-11-13-27-50(48)54-51/h1-35H. The minimum atomic E-state index is 1.10. The molecule has 1 nitrogen and oxygen atoms in total. The van der Waals surface area contributed by atoms with Gasteiger partial charge in [-0.15, -0.1) is 11.3 Å². The van der Waals surface area contributed by atoms with Gasteiger partial charge < -0.3 is 4.90 Å². The normalized spacial score (nSPS) is 11.3. The van der Waals surface area contributed by atoms with Crippen molar-refractivity contribution in [1.29, 1.82) is 0 Å². The van der Waals surface area contributed by atoms with Gasteiger partial charge in [-0.25, -0.2) is 0 Å². The van der Waals surface area contributed by atoms with Gasteiger partial charge in [-0.3, -0.25) is 0 Å². The summed E-state index contributed by atoms with van der Waals surface area (Å²) in [5.74, 6) is 0. The second-order valence-electron chi connectivity index (χ2n) is 13.7. The second kappa shape index (κ2) is 13.7. The number of nitrogens with zero attached hydrogens (tertiary/aromatic N) is 1. The first-order valence-corrected chi connectivity index (χ1v) is 19.2. The molecule has 0 aliphatic rings. The largest absolute Gasteiger partial charge is 0.310 e. The van der Waals surface area contributed by atoms with Gasteiger partial charge in [-0.1, -0.05) is 170 Å². The summed E-state index contributed by atoms with van der Waals surface area (Å²) in [5, 5.41) is 5.08. The van der Waals surface area contributed by atoms with Crippen LogP contribution in [0.15, 0.2) is 212 Å². The van der Waals surface area contributed by atoms with Crippen LogP contribution in [0.1, 0.15) is 0 Å². The highest BCUT2D eigenvalue weighted by molar-refractivity contribution is 7.25. The molecule has 1 heterocycles. The molecule has 254 valence electrons. The van der Waals surface area contributed by atoms with Crippen LogP contribution in [0.5, 0.6) is 0 Å². The average Bonchev–Trinajstić information content (AvgIpc) is 3.64. The molecule has 0 fully saturated rings. The molecule has 1 aromatic heterocycles. The van der Waals surface area contributed by atoms with E-state index in [1.165, 1.54) is 75.5 Å². The third kappa shape index (κ3) is 5.65. The highest BCUT2D eigenvalue weighted by Crippen LogP contribution is 2.46. The molecule has 10 rings (SSSR count). The van der Waals surface area contributed by atoms with E-state index in [9.17, 15) is 0 Å². The number of fused-ring (bicyclic) bond motifs is 4. The predicted octanol–water partition coefficient (Wildman–Crippen LogP) is 15.3. The summed E-state index contributed by atoms with van der Waals surface area (Å²) >= 11 is 1.86. The Bertz CT molecular complexity index is 2940. The molecule has 0 saturated heterocycles. The lowest BCUT2D eigenvalue weighted by Crippen LogP contribution is -2.11. The van der Waals surface area contributed by atoms with E-state index in [4.69, 9.17) is 0 Å². The van der Waals surface area contributed by atoms with E-state index < -0.39 is 0 Å². The van der Waals surface area contributed by atoms with Gasteiger partial charge in [0.2, 0.25) is 0 Å². The van der Waals surface area contributed by atoms with Crippen molar-refractivity contribution in [1.82, 2.24) is 0 Å². The first-order chi connectivity index (χ1) is 26.8. The van der Waals surface area contributed by atoms with Crippen LogP contribution in [0, 0.1) is 0 Å². The van der Waals surface area contributed by atoms with E-state index in [0.29, 0.717) is 0 Å². The van der Waals surface area contributed by atoms with Crippen LogP contribution in [0.25, 0.3) is 75.5 Å². The fourth-order valence-electron chi connectivity index (χ4n) is 7.98. The Labute approximate surface area is 319 Å². The fourth-order valence-corrected chi connectivity index (χ4v) is 9.12. The van der Waals surface area contributed by atoms with Gasteiger partial charge >= 0.3 is 0 Å². The van der Waals surface area contributed by atoms with Crippen LogP contribution in [0.3, 0.4) is 0 Å². The van der Waals surface area contributed by atoms with Gasteiger partial charge in [-0.05, 0) is 92.2 Å². The van der Waals surface area contributed by atoms with Crippen molar-refractivity contribution in [3.05, 3.63) is 212 Å². The van der Waals surface area contributed by atoms with E-state index in [0.717, 1.165) is 17.1 Å². The Morgan fingerprint density at radius 2 is 0.852 bits per heavy atom. The minimum absolute atomic E-state index is 1.10. The smallest absolute Gasteiger partial charge is 0.0540 e. The van der Waals surface area contributed by atoms with Gasteiger partial charge in [-0.2, -0.15) is 0 Å². The van der Waals surface area contributed by atoms with Gasteiger partial charge in [0.25, 0.3) is 0 Å². The van der Waals surface area contributed by atoms with Gasteiger partial charge in [0.1, 0.15) is 0 Å². The summed E-state index contributed by atoms with van der Waals surface area (Å²) in [7, 11) is 0. The molecule has 0 amide bonds. The molecule has 0 saturated carbocycles. The highest BCUT2D eigenvalue weighted by atomic mass is 32.1. The Kier molecular flexibility index (Phi) is 8.09. The third-order valence-electron chi connectivity index (χ3n) is 10.5. The molecule has 0 aliphatic carbocycles. The number of benzene rings is 9. The van der Waals surface area contributed by atoms with Crippen LogP contribution < -0.4 is 4.90 Å². The third-order valence-corrected chi connectivity index (χ3v) is 11.6. The molecule has 10 aromatic rings. The lowest BCUT2D eigenvalue weighted by atomic mass is 9.88. The number of para-hydroxylation sites is 1. The Balaban J connectivity index is 1.15. The summed E-state index contributed by atoms with van der Waals surface area (Å²) in [6, 6.07) is 77.1. The lowest BCUT2D eigenvalue weighted by molar-refractivity contribution is 1.29.